The number of carbonyl (C=O) groups excluding carboxylic acids is 1. The van der Waals surface area contributed by atoms with Crippen molar-refractivity contribution in [2.24, 2.45) is 11.1 Å². The quantitative estimate of drug-likeness (QED) is 0.821. The second-order valence-corrected chi connectivity index (χ2v) is 5.69. The summed E-state index contributed by atoms with van der Waals surface area (Å²) in [5.74, 6) is -6.83. The van der Waals surface area contributed by atoms with E-state index in [1.165, 1.54) is 4.90 Å². The number of amides is 1. The van der Waals surface area contributed by atoms with Crippen LogP contribution in [0.15, 0.2) is 6.07 Å². The summed E-state index contributed by atoms with van der Waals surface area (Å²) in [7, 11) is 0. The first-order valence-electron chi connectivity index (χ1n) is 6.65. The molecule has 116 valence electrons. The first-order valence-corrected chi connectivity index (χ1v) is 6.65. The second kappa shape index (κ2) is 5.55. The van der Waals surface area contributed by atoms with E-state index < -0.39 is 34.7 Å². The highest BCUT2D eigenvalue weighted by Gasteiger charge is 2.33. The van der Waals surface area contributed by atoms with Gasteiger partial charge in [0, 0.05) is 13.1 Å². The van der Waals surface area contributed by atoms with Gasteiger partial charge in [0.15, 0.2) is 17.4 Å². The first kappa shape index (κ1) is 15.6. The van der Waals surface area contributed by atoms with Crippen LogP contribution in [0.1, 0.15) is 30.1 Å². The number of rotatable bonds is 2. The molecule has 0 aromatic heterocycles. The van der Waals surface area contributed by atoms with E-state index in [1.807, 2.05) is 6.92 Å². The average molecular weight is 302 g/mol. The van der Waals surface area contributed by atoms with Crippen molar-refractivity contribution < 1.29 is 23.1 Å². The zero-order valence-electron chi connectivity index (χ0n) is 11.6. The Morgan fingerprint density at radius 1 is 1.33 bits per heavy atom. The van der Waals surface area contributed by atoms with Gasteiger partial charge in [-0.1, -0.05) is 6.92 Å². The highest BCUT2D eigenvalue weighted by atomic mass is 19.2. The second-order valence-electron chi connectivity index (χ2n) is 5.69. The van der Waals surface area contributed by atoms with Crippen LogP contribution >= 0.6 is 0 Å². The molecule has 0 bridgehead atoms. The topological polar surface area (TPSA) is 66.6 Å². The summed E-state index contributed by atoms with van der Waals surface area (Å²) in [6.45, 7) is 3.19. The monoisotopic (exact) mass is 302 g/mol. The summed E-state index contributed by atoms with van der Waals surface area (Å²) < 4.78 is 40.0. The highest BCUT2D eigenvalue weighted by Crippen LogP contribution is 2.31. The molecule has 7 heteroatoms. The number of likely N-dealkylation sites (tertiary alicyclic amines) is 1. The Morgan fingerprint density at radius 2 is 1.90 bits per heavy atom. The molecular weight excluding hydrogens is 285 g/mol. The van der Waals surface area contributed by atoms with Crippen molar-refractivity contribution >= 4 is 5.91 Å². The van der Waals surface area contributed by atoms with E-state index >= 15 is 0 Å². The zero-order chi connectivity index (χ0) is 15.8. The average Bonchev–Trinajstić information content (AvgIpc) is 2.49. The standard InChI is InChI=1S/C14H17F3N2O2/c1-14(7-18)2-4-19(5-3-14)13(21)8-6-9(15)11(17)12(20)10(8)16/h6,20H,2-5,7,18H2,1H3. The lowest BCUT2D eigenvalue weighted by Gasteiger charge is -2.38. The van der Waals surface area contributed by atoms with Gasteiger partial charge in [-0.3, -0.25) is 4.79 Å². The Hall–Kier alpha value is -1.76. The van der Waals surface area contributed by atoms with Crippen LogP contribution in [0.5, 0.6) is 5.75 Å². The third-order valence-electron chi connectivity index (χ3n) is 4.11. The van der Waals surface area contributed by atoms with E-state index in [2.05, 4.69) is 0 Å². The third-order valence-corrected chi connectivity index (χ3v) is 4.11. The predicted molar refractivity (Wildman–Crippen MR) is 70.3 cm³/mol. The fourth-order valence-electron chi connectivity index (χ4n) is 2.37. The molecule has 1 amide bonds. The lowest BCUT2D eigenvalue weighted by molar-refractivity contribution is 0.0611. The molecule has 0 unspecified atom stereocenters. The maximum Gasteiger partial charge on any atom is 0.257 e. The van der Waals surface area contributed by atoms with Gasteiger partial charge < -0.3 is 15.7 Å². The van der Waals surface area contributed by atoms with Crippen molar-refractivity contribution in [2.45, 2.75) is 19.8 Å². The summed E-state index contributed by atoms with van der Waals surface area (Å²) in [4.78, 5) is 13.5. The van der Waals surface area contributed by atoms with Gasteiger partial charge >= 0.3 is 0 Å². The highest BCUT2D eigenvalue weighted by molar-refractivity contribution is 5.95. The third kappa shape index (κ3) is 2.83. The Labute approximate surface area is 120 Å². The fourth-order valence-corrected chi connectivity index (χ4v) is 2.37. The molecule has 1 aromatic rings. The van der Waals surface area contributed by atoms with Crippen LogP contribution in [-0.2, 0) is 0 Å². The van der Waals surface area contributed by atoms with Crippen LogP contribution in [0.3, 0.4) is 0 Å². The number of halogens is 3. The normalized spacial score (nSPS) is 17.9. The van der Waals surface area contributed by atoms with Gasteiger partial charge in [0.2, 0.25) is 5.82 Å². The van der Waals surface area contributed by atoms with Crippen molar-refractivity contribution in [1.82, 2.24) is 4.90 Å². The smallest absolute Gasteiger partial charge is 0.257 e. The van der Waals surface area contributed by atoms with Crippen LogP contribution in [0.2, 0.25) is 0 Å². The van der Waals surface area contributed by atoms with Crippen molar-refractivity contribution in [2.75, 3.05) is 19.6 Å². The minimum Gasteiger partial charge on any atom is -0.503 e. The molecule has 2 rings (SSSR count). The number of hydrogen-bond acceptors (Lipinski definition) is 3. The number of piperidine rings is 1. The Balaban J connectivity index is 2.23. The maximum atomic E-state index is 13.7. The van der Waals surface area contributed by atoms with Crippen LogP contribution in [-0.4, -0.2) is 35.5 Å². The van der Waals surface area contributed by atoms with Gasteiger partial charge in [-0.2, -0.15) is 4.39 Å². The van der Waals surface area contributed by atoms with Gasteiger partial charge in [-0.15, -0.1) is 0 Å². The SMILES string of the molecule is CC1(CN)CCN(C(=O)c2cc(F)c(F)c(O)c2F)CC1. The Bertz CT molecular complexity index is 570. The molecule has 21 heavy (non-hydrogen) atoms. The van der Waals surface area contributed by atoms with E-state index in [9.17, 15) is 18.0 Å². The molecule has 4 nitrogen and oxygen atoms in total. The van der Waals surface area contributed by atoms with E-state index in [0.29, 0.717) is 38.5 Å². The van der Waals surface area contributed by atoms with Crippen LogP contribution in [0, 0.1) is 22.9 Å². The predicted octanol–water partition coefficient (Wildman–Crippen LogP) is 2.01. The molecule has 1 aliphatic rings. The van der Waals surface area contributed by atoms with Crippen LogP contribution < -0.4 is 5.73 Å². The molecule has 0 saturated carbocycles. The van der Waals surface area contributed by atoms with Gasteiger partial charge in [-0.05, 0) is 30.9 Å². The summed E-state index contributed by atoms with van der Waals surface area (Å²) >= 11 is 0. The molecule has 1 aliphatic heterocycles. The number of nitrogens with zero attached hydrogens (tertiary/aromatic N) is 1. The molecule has 1 aromatic carbocycles. The molecular formula is C14H17F3N2O2. The molecule has 0 aliphatic carbocycles. The molecule has 0 atom stereocenters. The number of hydrogen-bond donors (Lipinski definition) is 2. The van der Waals surface area contributed by atoms with E-state index in [-0.39, 0.29) is 5.41 Å². The van der Waals surface area contributed by atoms with Crippen molar-refractivity contribution in [1.29, 1.82) is 0 Å². The number of nitrogens with two attached hydrogens (primary N) is 1. The number of benzene rings is 1. The lowest BCUT2D eigenvalue weighted by atomic mass is 9.80. The number of phenols is 1. The molecule has 1 heterocycles. The van der Waals surface area contributed by atoms with Gasteiger partial charge in [0.25, 0.3) is 5.91 Å². The minimum absolute atomic E-state index is 0.0779. The maximum absolute atomic E-state index is 13.7. The Morgan fingerprint density at radius 3 is 2.43 bits per heavy atom. The van der Waals surface area contributed by atoms with Gasteiger partial charge in [-0.25, -0.2) is 8.78 Å². The molecule has 1 fully saturated rings. The van der Waals surface area contributed by atoms with Crippen LogP contribution in [0.4, 0.5) is 13.2 Å². The first-order chi connectivity index (χ1) is 9.79. The van der Waals surface area contributed by atoms with Crippen LogP contribution in [0.25, 0.3) is 0 Å². The van der Waals surface area contributed by atoms with Crippen molar-refractivity contribution in [3.8, 4) is 5.75 Å². The molecule has 0 spiro atoms. The molecule has 3 N–H and O–H groups in total. The Kier molecular flexibility index (Phi) is 4.13. The van der Waals surface area contributed by atoms with E-state index in [0.717, 1.165) is 0 Å². The molecule has 1 saturated heterocycles. The van der Waals surface area contributed by atoms with Gasteiger partial charge in [0.05, 0.1) is 5.56 Å². The van der Waals surface area contributed by atoms with Gasteiger partial charge in [0.1, 0.15) is 0 Å². The number of carbonyl (C=O) groups is 1. The summed E-state index contributed by atoms with van der Waals surface area (Å²) in [6.07, 6.45) is 1.29. The summed E-state index contributed by atoms with van der Waals surface area (Å²) in [5, 5.41) is 9.16. The minimum atomic E-state index is -1.70. The summed E-state index contributed by atoms with van der Waals surface area (Å²) in [5.41, 5.74) is 4.92. The summed E-state index contributed by atoms with van der Waals surface area (Å²) in [6, 6.07) is 0.476. The molecule has 0 radical (unpaired) electrons. The largest absolute Gasteiger partial charge is 0.503 e. The van der Waals surface area contributed by atoms with E-state index in [4.69, 9.17) is 10.8 Å². The number of aromatic hydroxyl groups is 1. The number of phenolic OH excluding ortho intramolecular Hbond substituents is 1. The van der Waals surface area contributed by atoms with Crippen molar-refractivity contribution in [3.63, 3.8) is 0 Å². The fraction of sp³-hybridized carbons (Fsp3) is 0.500. The van der Waals surface area contributed by atoms with E-state index in [1.54, 1.807) is 0 Å². The lowest BCUT2D eigenvalue weighted by Crippen LogP contribution is -2.45. The van der Waals surface area contributed by atoms with Crippen molar-refractivity contribution in [3.05, 3.63) is 29.1 Å². The zero-order valence-corrected chi connectivity index (χ0v) is 11.6.